The van der Waals surface area contributed by atoms with Crippen LogP contribution < -0.4 is 5.56 Å². The van der Waals surface area contributed by atoms with E-state index in [9.17, 15) is 9.18 Å². The van der Waals surface area contributed by atoms with Gasteiger partial charge in [0.05, 0.1) is 21.9 Å². The van der Waals surface area contributed by atoms with Gasteiger partial charge in [0.1, 0.15) is 5.82 Å². The van der Waals surface area contributed by atoms with E-state index in [2.05, 4.69) is 10.1 Å². The number of nitrogens with one attached hydrogen (secondary N) is 1. The van der Waals surface area contributed by atoms with Crippen molar-refractivity contribution in [1.29, 1.82) is 0 Å². The highest BCUT2D eigenvalue weighted by Crippen LogP contribution is 2.47. The van der Waals surface area contributed by atoms with Gasteiger partial charge in [-0.1, -0.05) is 29.4 Å². The Labute approximate surface area is 153 Å². The summed E-state index contributed by atoms with van der Waals surface area (Å²) in [6.45, 7) is 3.17. The second-order valence-corrected chi connectivity index (χ2v) is 7.86. The van der Waals surface area contributed by atoms with Gasteiger partial charge in [-0.2, -0.15) is 0 Å². The smallest absolute Gasteiger partial charge is 0.271 e. The van der Waals surface area contributed by atoms with Crippen molar-refractivity contribution in [3.05, 3.63) is 50.5 Å². The second kappa shape index (κ2) is 6.63. The predicted octanol–water partition coefficient (Wildman–Crippen LogP) is 4.21. The fraction of sp³-hybridized carbons (Fsp3) is 0.412. The average Bonchev–Trinajstić information content (AvgIpc) is 2.92. The Morgan fingerprint density at radius 2 is 2.12 bits per heavy atom. The minimum absolute atomic E-state index is 0.126. The lowest BCUT2D eigenvalue weighted by Gasteiger charge is -2.26. The first-order valence-corrected chi connectivity index (χ1v) is 9.40. The molecular weight excluding hydrogens is 365 g/mol. The lowest BCUT2D eigenvalue weighted by molar-refractivity contribution is 0.0666. The van der Waals surface area contributed by atoms with E-state index in [-0.39, 0.29) is 11.6 Å². The number of benzene rings is 1. The van der Waals surface area contributed by atoms with Gasteiger partial charge >= 0.3 is 0 Å². The van der Waals surface area contributed by atoms with Crippen molar-refractivity contribution in [2.75, 3.05) is 13.2 Å². The van der Waals surface area contributed by atoms with E-state index >= 15 is 0 Å². The molecule has 3 heterocycles. The minimum Gasteiger partial charge on any atom is -0.381 e. The molecule has 1 aromatic heterocycles. The van der Waals surface area contributed by atoms with Crippen LogP contribution in [0.2, 0.25) is 5.02 Å². The summed E-state index contributed by atoms with van der Waals surface area (Å²) in [4.78, 5) is 17.3. The number of thioether (sulfide) groups is 1. The van der Waals surface area contributed by atoms with Crippen LogP contribution in [0.3, 0.4) is 0 Å². The van der Waals surface area contributed by atoms with E-state index in [1.807, 2.05) is 11.6 Å². The Kier molecular flexibility index (Phi) is 4.47. The molecule has 0 amide bonds. The van der Waals surface area contributed by atoms with E-state index < -0.39 is 11.1 Å². The van der Waals surface area contributed by atoms with Crippen LogP contribution in [0, 0.1) is 5.82 Å². The van der Waals surface area contributed by atoms with E-state index in [0.717, 1.165) is 17.9 Å². The average molecular weight is 382 g/mol. The Morgan fingerprint density at radius 1 is 1.36 bits per heavy atom. The van der Waals surface area contributed by atoms with Crippen molar-refractivity contribution in [3.8, 4) is 0 Å². The first-order valence-electron chi connectivity index (χ1n) is 8.14. The molecule has 0 saturated carbocycles. The van der Waals surface area contributed by atoms with Crippen molar-refractivity contribution in [2.45, 2.75) is 31.1 Å². The predicted molar refractivity (Wildman–Crippen MR) is 97.8 cm³/mol. The molecule has 1 N–H and O–H groups in total. The van der Waals surface area contributed by atoms with Crippen molar-refractivity contribution in [2.24, 2.45) is 4.99 Å². The summed E-state index contributed by atoms with van der Waals surface area (Å²) in [5.74, 6) is 0.168. The van der Waals surface area contributed by atoms with Gasteiger partial charge in [-0.05, 0) is 31.9 Å². The van der Waals surface area contributed by atoms with Gasteiger partial charge < -0.3 is 4.74 Å². The zero-order valence-electron chi connectivity index (χ0n) is 13.6. The van der Waals surface area contributed by atoms with Crippen LogP contribution in [0.1, 0.15) is 42.2 Å². The Balaban J connectivity index is 1.87. The summed E-state index contributed by atoms with van der Waals surface area (Å²) in [7, 11) is 0. The topological polar surface area (TPSA) is 59.4 Å². The van der Waals surface area contributed by atoms with Crippen LogP contribution in [0.5, 0.6) is 0 Å². The molecule has 25 heavy (non-hydrogen) atoms. The fourth-order valence-corrected chi connectivity index (χ4v) is 4.89. The number of hydrogen-bond acceptors (Lipinski definition) is 4. The summed E-state index contributed by atoms with van der Waals surface area (Å²) in [5.41, 5.74) is 0.559. The monoisotopic (exact) mass is 381 g/mol. The molecule has 2 aliphatic rings. The highest BCUT2D eigenvalue weighted by Gasteiger charge is 2.34. The first kappa shape index (κ1) is 16.9. The quantitative estimate of drug-likeness (QED) is 0.847. The third kappa shape index (κ3) is 2.94. The molecule has 2 aromatic rings. The Hall–Kier alpha value is -1.57. The van der Waals surface area contributed by atoms with Crippen LogP contribution in [0.4, 0.5) is 10.2 Å². The van der Waals surface area contributed by atoms with Crippen molar-refractivity contribution >= 4 is 34.2 Å². The zero-order chi connectivity index (χ0) is 17.6. The van der Waals surface area contributed by atoms with E-state index in [1.54, 1.807) is 12.1 Å². The second-order valence-electron chi connectivity index (χ2n) is 6.16. The molecule has 2 aliphatic heterocycles. The Bertz CT molecular complexity index is 882. The number of nitrogens with zero attached hydrogens (tertiary/aromatic N) is 2. The molecule has 1 fully saturated rings. The van der Waals surface area contributed by atoms with Crippen LogP contribution >= 0.6 is 23.4 Å². The Morgan fingerprint density at radius 3 is 2.84 bits per heavy atom. The first-order chi connectivity index (χ1) is 12.1. The molecule has 132 valence electrons. The van der Waals surface area contributed by atoms with Crippen LogP contribution in [-0.2, 0) is 4.74 Å². The number of fused-ring (bicyclic) bond motifs is 1. The number of hydrogen-bond donors (Lipinski definition) is 1. The van der Waals surface area contributed by atoms with Crippen molar-refractivity contribution in [3.63, 3.8) is 0 Å². The number of ether oxygens (including phenoxy) is 1. The highest BCUT2D eigenvalue weighted by atomic mass is 35.5. The van der Waals surface area contributed by atoms with Gasteiger partial charge in [-0.15, -0.1) is 0 Å². The number of halogens is 2. The third-order valence-corrected chi connectivity index (χ3v) is 6.04. The number of aromatic nitrogens is 2. The van der Waals surface area contributed by atoms with Crippen LogP contribution in [-0.4, -0.2) is 28.0 Å². The zero-order valence-corrected chi connectivity index (χ0v) is 15.2. The maximum absolute atomic E-state index is 14.5. The number of aliphatic imine (C=N–C) groups is 1. The van der Waals surface area contributed by atoms with Gasteiger partial charge in [0.2, 0.25) is 0 Å². The maximum atomic E-state index is 14.5. The van der Waals surface area contributed by atoms with E-state index in [0.29, 0.717) is 35.2 Å². The number of H-pyrrole nitrogens is 1. The molecule has 4 rings (SSSR count). The van der Waals surface area contributed by atoms with Gasteiger partial charge in [0.25, 0.3) is 5.56 Å². The van der Waals surface area contributed by atoms with E-state index in [4.69, 9.17) is 16.3 Å². The molecule has 0 bridgehead atoms. The molecule has 0 aliphatic carbocycles. The summed E-state index contributed by atoms with van der Waals surface area (Å²) in [6, 6.07) is 4.70. The standard InChI is InChI=1S/C17H17ClFN3O2S/c1-9-20-16-14(15(25-9)13-11(18)3-2-4-12(13)19)17(23)21-22(16)10-5-7-24-8-6-10/h2-4,10,15H,5-8H2,1H3,(H,21,23)/t15-/m0/s1. The summed E-state index contributed by atoms with van der Waals surface area (Å²) >= 11 is 7.61. The largest absolute Gasteiger partial charge is 0.381 e. The highest BCUT2D eigenvalue weighted by molar-refractivity contribution is 8.14. The minimum atomic E-state index is -0.508. The van der Waals surface area contributed by atoms with Gasteiger partial charge in [-0.25, -0.2) is 9.38 Å². The third-order valence-electron chi connectivity index (χ3n) is 4.57. The summed E-state index contributed by atoms with van der Waals surface area (Å²) < 4.78 is 21.7. The van der Waals surface area contributed by atoms with Gasteiger partial charge in [0, 0.05) is 23.8 Å². The SMILES string of the molecule is CC1=Nc2c(c(=O)[nH]n2C2CCOCC2)[C@H](c2c(F)cccc2Cl)S1. The molecule has 5 nitrogen and oxygen atoms in total. The lowest BCUT2D eigenvalue weighted by Crippen LogP contribution is -2.21. The maximum Gasteiger partial charge on any atom is 0.271 e. The van der Waals surface area contributed by atoms with Crippen LogP contribution in [0.15, 0.2) is 28.0 Å². The normalized spacial score (nSPS) is 21.1. The molecule has 0 radical (unpaired) electrons. The van der Waals surface area contributed by atoms with E-state index in [1.165, 1.54) is 17.8 Å². The molecular formula is C17H17ClFN3O2S. The molecule has 0 unspecified atom stereocenters. The van der Waals surface area contributed by atoms with Gasteiger partial charge in [-0.3, -0.25) is 14.6 Å². The van der Waals surface area contributed by atoms with Crippen molar-refractivity contribution < 1.29 is 9.13 Å². The molecule has 1 saturated heterocycles. The summed E-state index contributed by atoms with van der Waals surface area (Å²) in [6.07, 6.45) is 1.62. The number of rotatable bonds is 2. The van der Waals surface area contributed by atoms with Crippen molar-refractivity contribution in [1.82, 2.24) is 9.78 Å². The molecule has 8 heteroatoms. The number of aromatic amines is 1. The van der Waals surface area contributed by atoms with Crippen LogP contribution in [0.25, 0.3) is 0 Å². The lowest BCUT2D eigenvalue weighted by atomic mass is 10.0. The molecule has 0 spiro atoms. The molecule has 1 aromatic carbocycles. The molecule has 1 atom stereocenters. The van der Waals surface area contributed by atoms with Gasteiger partial charge in [0.15, 0.2) is 5.82 Å². The fourth-order valence-electron chi connectivity index (χ4n) is 3.38. The summed E-state index contributed by atoms with van der Waals surface area (Å²) in [5, 5.41) is 3.49.